The summed E-state index contributed by atoms with van der Waals surface area (Å²) in [6.45, 7) is 1.37. The summed E-state index contributed by atoms with van der Waals surface area (Å²) in [6, 6.07) is 12.3. The molecule has 0 aliphatic carbocycles. The minimum Gasteiger partial charge on any atom is -0.383 e. The van der Waals surface area contributed by atoms with E-state index < -0.39 is 5.95 Å². The highest BCUT2D eigenvalue weighted by atomic mass is 19.1. The maximum Gasteiger partial charge on any atom is 0.255 e. The van der Waals surface area contributed by atoms with Crippen molar-refractivity contribution in [3.05, 3.63) is 65.7 Å². The second-order valence-electron chi connectivity index (χ2n) is 4.57. The van der Waals surface area contributed by atoms with Crippen LogP contribution < -0.4 is 0 Å². The molecule has 0 saturated heterocycles. The molecule has 1 amide bonds. The van der Waals surface area contributed by atoms with Gasteiger partial charge in [0.15, 0.2) is 0 Å². The molecule has 0 radical (unpaired) electrons. The van der Waals surface area contributed by atoms with Gasteiger partial charge < -0.3 is 9.64 Å². The minimum absolute atomic E-state index is 0.191. The van der Waals surface area contributed by atoms with Gasteiger partial charge in [-0.1, -0.05) is 30.3 Å². The molecular weight excluding hydrogens is 271 g/mol. The van der Waals surface area contributed by atoms with Crippen molar-refractivity contribution >= 4 is 5.91 Å². The van der Waals surface area contributed by atoms with Crippen LogP contribution in [-0.4, -0.2) is 36.1 Å². The van der Waals surface area contributed by atoms with Gasteiger partial charge in [-0.25, -0.2) is 4.98 Å². The average molecular weight is 288 g/mol. The predicted molar refractivity (Wildman–Crippen MR) is 77.3 cm³/mol. The quantitative estimate of drug-likeness (QED) is 0.767. The fourth-order valence-electron chi connectivity index (χ4n) is 1.94. The van der Waals surface area contributed by atoms with E-state index in [9.17, 15) is 9.18 Å². The van der Waals surface area contributed by atoms with Gasteiger partial charge >= 0.3 is 0 Å². The highest BCUT2D eigenvalue weighted by Gasteiger charge is 2.16. The monoisotopic (exact) mass is 288 g/mol. The molecule has 4 nitrogen and oxygen atoms in total. The zero-order chi connectivity index (χ0) is 15.1. The first kappa shape index (κ1) is 15.1. The SMILES string of the molecule is COCCN(Cc1ccccc1)C(=O)c1ccc(F)nc1. The van der Waals surface area contributed by atoms with Crippen LogP contribution in [0.3, 0.4) is 0 Å². The molecule has 0 saturated carbocycles. The number of carbonyl (C=O) groups is 1. The van der Waals surface area contributed by atoms with Crippen LogP contribution in [0.25, 0.3) is 0 Å². The number of hydrogen-bond donors (Lipinski definition) is 0. The molecule has 0 bridgehead atoms. The molecule has 5 heteroatoms. The van der Waals surface area contributed by atoms with E-state index >= 15 is 0 Å². The van der Waals surface area contributed by atoms with Crippen molar-refractivity contribution in [3.63, 3.8) is 0 Å². The van der Waals surface area contributed by atoms with Crippen LogP contribution in [0, 0.1) is 5.95 Å². The second kappa shape index (κ2) is 7.50. The van der Waals surface area contributed by atoms with Crippen LogP contribution in [0.15, 0.2) is 48.7 Å². The Balaban J connectivity index is 2.14. The van der Waals surface area contributed by atoms with Crippen molar-refractivity contribution in [1.82, 2.24) is 9.88 Å². The summed E-state index contributed by atoms with van der Waals surface area (Å²) in [5, 5.41) is 0. The summed E-state index contributed by atoms with van der Waals surface area (Å²) in [6.07, 6.45) is 1.25. The Kier molecular flexibility index (Phi) is 5.40. The molecule has 1 aromatic heterocycles. The van der Waals surface area contributed by atoms with E-state index in [1.807, 2.05) is 30.3 Å². The van der Waals surface area contributed by atoms with E-state index in [0.717, 1.165) is 5.56 Å². The molecule has 1 heterocycles. The first-order valence-electron chi connectivity index (χ1n) is 6.64. The molecule has 0 atom stereocenters. The summed E-state index contributed by atoms with van der Waals surface area (Å²) in [5.41, 5.74) is 1.39. The van der Waals surface area contributed by atoms with E-state index in [0.29, 0.717) is 25.3 Å². The number of rotatable bonds is 6. The molecule has 0 aliphatic heterocycles. The lowest BCUT2D eigenvalue weighted by atomic mass is 10.2. The molecule has 0 spiro atoms. The largest absolute Gasteiger partial charge is 0.383 e. The number of halogens is 1. The van der Waals surface area contributed by atoms with E-state index in [1.54, 1.807) is 12.0 Å². The zero-order valence-electron chi connectivity index (χ0n) is 11.8. The first-order valence-corrected chi connectivity index (χ1v) is 6.64. The van der Waals surface area contributed by atoms with Gasteiger partial charge in [0.1, 0.15) is 0 Å². The number of methoxy groups -OCH3 is 1. The number of hydrogen-bond acceptors (Lipinski definition) is 3. The maximum absolute atomic E-state index is 12.8. The first-order chi connectivity index (χ1) is 10.2. The van der Waals surface area contributed by atoms with Crippen LogP contribution in [0.4, 0.5) is 4.39 Å². The van der Waals surface area contributed by atoms with E-state index in [1.165, 1.54) is 18.3 Å². The molecule has 21 heavy (non-hydrogen) atoms. The summed E-state index contributed by atoms with van der Waals surface area (Å²) in [4.78, 5) is 17.7. The summed E-state index contributed by atoms with van der Waals surface area (Å²) < 4.78 is 17.9. The van der Waals surface area contributed by atoms with Crippen LogP contribution >= 0.6 is 0 Å². The predicted octanol–water partition coefficient (Wildman–Crippen LogP) is 2.51. The molecule has 1 aromatic carbocycles. The highest BCUT2D eigenvalue weighted by molar-refractivity contribution is 5.93. The third-order valence-electron chi connectivity index (χ3n) is 3.04. The average Bonchev–Trinajstić information content (AvgIpc) is 2.52. The lowest BCUT2D eigenvalue weighted by Gasteiger charge is -2.22. The fourth-order valence-corrected chi connectivity index (χ4v) is 1.94. The molecule has 2 rings (SSSR count). The van der Waals surface area contributed by atoms with Crippen LogP contribution in [0.5, 0.6) is 0 Å². The van der Waals surface area contributed by atoms with E-state index in [4.69, 9.17) is 4.74 Å². The maximum atomic E-state index is 12.8. The Hall–Kier alpha value is -2.27. The molecule has 0 fully saturated rings. The number of aromatic nitrogens is 1. The number of carbonyl (C=O) groups excluding carboxylic acids is 1. The van der Waals surface area contributed by atoms with Gasteiger partial charge in [-0.3, -0.25) is 4.79 Å². The summed E-state index contributed by atoms with van der Waals surface area (Å²) in [7, 11) is 1.59. The standard InChI is InChI=1S/C16H17FN2O2/c1-21-10-9-19(12-13-5-3-2-4-6-13)16(20)14-7-8-15(17)18-11-14/h2-8,11H,9-10,12H2,1H3. The zero-order valence-corrected chi connectivity index (χ0v) is 11.8. The number of benzene rings is 1. The van der Waals surface area contributed by atoms with Gasteiger partial charge in [0.05, 0.1) is 12.2 Å². The molecule has 2 aromatic rings. The van der Waals surface area contributed by atoms with Crippen LogP contribution in [0.2, 0.25) is 0 Å². The molecule has 0 unspecified atom stereocenters. The lowest BCUT2D eigenvalue weighted by molar-refractivity contribution is 0.0680. The third-order valence-corrected chi connectivity index (χ3v) is 3.04. The molecule has 0 N–H and O–H groups in total. The minimum atomic E-state index is -0.599. The summed E-state index contributed by atoms with van der Waals surface area (Å²) in [5.74, 6) is -0.790. The topological polar surface area (TPSA) is 42.4 Å². The van der Waals surface area contributed by atoms with Crippen molar-refractivity contribution in [2.75, 3.05) is 20.3 Å². The molecule has 110 valence electrons. The Morgan fingerprint density at radius 3 is 2.62 bits per heavy atom. The normalized spacial score (nSPS) is 10.4. The number of pyridine rings is 1. The van der Waals surface area contributed by atoms with Crippen LogP contribution in [0.1, 0.15) is 15.9 Å². The van der Waals surface area contributed by atoms with E-state index in [-0.39, 0.29) is 5.91 Å². The van der Waals surface area contributed by atoms with Crippen molar-refractivity contribution < 1.29 is 13.9 Å². The van der Waals surface area contributed by atoms with Crippen molar-refractivity contribution in [3.8, 4) is 0 Å². The smallest absolute Gasteiger partial charge is 0.255 e. The van der Waals surface area contributed by atoms with Gasteiger partial charge in [0, 0.05) is 26.4 Å². The van der Waals surface area contributed by atoms with Crippen molar-refractivity contribution in [2.45, 2.75) is 6.54 Å². The van der Waals surface area contributed by atoms with Crippen LogP contribution in [-0.2, 0) is 11.3 Å². The third kappa shape index (κ3) is 4.36. The second-order valence-corrected chi connectivity index (χ2v) is 4.57. The molecule has 0 aliphatic rings. The van der Waals surface area contributed by atoms with E-state index in [2.05, 4.69) is 4.98 Å². The Bertz CT molecular complexity index is 573. The van der Waals surface area contributed by atoms with Crippen molar-refractivity contribution in [2.24, 2.45) is 0 Å². The van der Waals surface area contributed by atoms with Crippen molar-refractivity contribution in [1.29, 1.82) is 0 Å². The van der Waals surface area contributed by atoms with Gasteiger partial charge in [-0.05, 0) is 17.7 Å². The Morgan fingerprint density at radius 1 is 1.24 bits per heavy atom. The van der Waals surface area contributed by atoms with Gasteiger partial charge in [0.2, 0.25) is 5.95 Å². The Labute approximate surface area is 123 Å². The Morgan fingerprint density at radius 2 is 2.00 bits per heavy atom. The number of nitrogens with zero attached hydrogens (tertiary/aromatic N) is 2. The van der Waals surface area contributed by atoms with Gasteiger partial charge in [-0.2, -0.15) is 4.39 Å². The highest BCUT2D eigenvalue weighted by Crippen LogP contribution is 2.10. The number of ether oxygens (including phenoxy) is 1. The lowest BCUT2D eigenvalue weighted by Crippen LogP contribution is -2.33. The molecular formula is C16H17FN2O2. The fraction of sp³-hybridized carbons (Fsp3) is 0.250. The van der Waals surface area contributed by atoms with Gasteiger partial charge in [-0.15, -0.1) is 0 Å². The number of amides is 1. The van der Waals surface area contributed by atoms with Gasteiger partial charge in [0.25, 0.3) is 5.91 Å². The summed E-state index contributed by atoms with van der Waals surface area (Å²) >= 11 is 0.